The van der Waals surface area contributed by atoms with Gasteiger partial charge < -0.3 is 14.5 Å². The molecule has 0 saturated carbocycles. The van der Waals surface area contributed by atoms with Crippen molar-refractivity contribution in [3.05, 3.63) is 29.8 Å². The summed E-state index contributed by atoms with van der Waals surface area (Å²) in [6, 6.07) is 8.31. The van der Waals surface area contributed by atoms with Gasteiger partial charge >= 0.3 is 0 Å². The van der Waals surface area contributed by atoms with Gasteiger partial charge in [-0.2, -0.15) is 0 Å². The minimum absolute atomic E-state index is 0.346. The first-order chi connectivity index (χ1) is 13.1. The molecule has 2 fully saturated rings. The van der Waals surface area contributed by atoms with Gasteiger partial charge in [0.05, 0.1) is 12.6 Å². The van der Waals surface area contributed by atoms with E-state index >= 15 is 0 Å². The Labute approximate surface area is 161 Å². The second-order valence-electron chi connectivity index (χ2n) is 7.88. The summed E-state index contributed by atoms with van der Waals surface area (Å²) in [4.78, 5) is 21.1. The van der Waals surface area contributed by atoms with E-state index in [9.17, 15) is 4.79 Å². The van der Waals surface area contributed by atoms with Crippen molar-refractivity contribution in [3.8, 4) is 5.75 Å². The Morgan fingerprint density at radius 3 is 2.70 bits per heavy atom. The van der Waals surface area contributed by atoms with Crippen LogP contribution in [0.2, 0.25) is 0 Å². The Morgan fingerprint density at radius 1 is 1.19 bits per heavy atom. The molecule has 1 aromatic heterocycles. The number of aryl methyl sites for hydroxylation is 1. The Balaban J connectivity index is 1.39. The van der Waals surface area contributed by atoms with Gasteiger partial charge in [0.1, 0.15) is 11.6 Å². The molecular weight excluding hydrogens is 338 g/mol. The van der Waals surface area contributed by atoms with Crippen LogP contribution in [-0.4, -0.2) is 49.1 Å². The van der Waals surface area contributed by atoms with Crippen LogP contribution < -0.4 is 9.64 Å². The highest BCUT2D eigenvalue weighted by Crippen LogP contribution is 2.29. The first-order valence-corrected chi connectivity index (χ1v) is 10.1. The number of likely N-dealkylation sites (tertiary alicyclic amines) is 1. The van der Waals surface area contributed by atoms with Gasteiger partial charge in [-0.1, -0.05) is 0 Å². The van der Waals surface area contributed by atoms with Crippen LogP contribution in [0.4, 0.5) is 5.82 Å². The summed E-state index contributed by atoms with van der Waals surface area (Å²) in [5.41, 5.74) is 2.26. The van der Waals surface area contributed by atoms with Crippen molar-refractivity contribution in [2.45, 2.75) is 39.0 Å². The second kappa shape index (κ2) is 7.75. The van der Waals surface area contributed by atoms with Crippen molar-refractivity contribution in [2.24, 2.45) is 5.92 Å². The van der Waals surface area contributed by atoms with E-state index in [0.717, 1.165) is 68.4 Å². The van der Waals surface area contributed by atoms with Crippen molar-refractivity contribution in [3.63, 3.8) is 0 Å². The Hall–Kier alpha value is -2.30. The highest BCUT2D eigenvalue weighted by atomic mass is 16.5. The van der Waals surface area contributed by atoms with Crippen LogP contribution >= 0.6 is 0 Å². The average molecular weight is 367 g/mol. The number of piperidine rings is 1. The topological polar surface area (TPSA) is 45.7 Å². The zero-order valence-electron chi connectivity index (χ0n) is 16.4. The standard InChI is InChI=1S/C22H29N3O2/c1-16-14-21(23-20-15-18(27-2)5-6-19(16)20)24-11-7-17(8-12-24)9-13-25-10-3-4-22(25)26/h5-6,14-15,17H,3-4,7-13H2,1-2H3. The molecule has 144 valence electrons. The van der Waals surface area contributed by atoms with Crippen LogP contribution in [-0.2, 0) is 4.79 Å². The summed E-state index contributed by atoms with van der Waals surface area (Å²) in [5.74, 6) is 2.98. The number of methoxy groups -OCH3 is 1. The molecular formula is C22H29N3O2. The van der Waals surface area contributed by atoms with E-state index in [4.69, 9.17) is 9.72 Å². The largest absolute Gasteiger partial charge is 0.497 e. The molecule has 2 aromatic rings. The number of nitrogens with zero attached hydrogens (tertiary/aromatic N) is 3. The number of aromatic nitrogens is 1. The lowest BCUT2D eigenvalue weighted by atomic mass is 9.93. The van der Waals surface area contributed by atoms with Crippen molar-refractivity contribution >= 4 is 22.6 Å². The smallest absolute Gasteiger partial charge is 0.222 e. The maximum absolute atomic E-state index is 11.8. The number of pyridine rings is 1. The molecule has 2 saturated heterocycles. The number of anilines is 1. The lowest BCUT2D eigenvalue weighted by Crippen LogP contribution is -2.36. The predicted molar refractivity (Wildman–Crippen MR) is 108 cm³/mol. The molecule has 0 bridgehead atoms. The van der Waals surface area contributed by atoms with Gasteiger partial charge in [0.15, 0.2) is 0 Å². The summed E-state index contributed by atoms with van der Waals surface area (Å²) in [5, 5.41) is 1.18. The van der Waals surface area contributed by atoms with Crippen molar-refractivity contribution in [1.82, 2.24) is 9.88 Å². The third kappa shape index (κ3) is 3.87. The number of ether oxygens (including phenoxy) is 1. The number of benzene rings is 1. The third-order valence-corrected chi connectivity index (χ3v) is 6.13. The zero-order valence-corrected chi connectivity index (χ0v) is 16.4. The Kier molecular flexibility index (Phi) is 5.19. The van der Waals surface area contributed by atoms with E-state index < -0.39 is 0 Å². The molecule has 0 radical (unpaired) electrons. The summed E-state index contributed by atoms with van der Waals surface area (Å²) in [6.45, 7) is 6.14. The molecule has 5 heteroatoms. The number of hydrogen-bond acceptors (Lipinski definition) is 4. The fourth-order valence-electron chi connectivity index (χ4n) is 4.38. The van der Waals surface area contributed by atoms with Gasteiger partial charge in [-0.3, -0.25) is 4.79 Å². The predicted octanol–water partition coefficient (Wildman–Crippen LogP) is 3.78. The molecule has 3 heterocycles. The monoisotopic (exact) mass is 367 g/mol. The lowest BCUT2D eigenvalue weighted by molar-refractivity contribution is -0.127. The molecule has 0 N–H and O–H groups in total. The van der Waals surface area contributed by atoms with E-state index in [1.165, 1.54) is 23.8 Å². The molecule has 5 nitrogen and oxygen atoms in total. The summed E-state index contributed by atoms with van der Waals surface area (Å²) < 4.78 is 5.36. The van der Waals surface area contributed by atoms with Crippen molar-refractivity contribution in [2.75, 3.05) is 38.2 Å². The first kappa shape index (κ1) is 18.1. The van der Waals surface area contributed by atoms with E-state index in [-0.39, 0.29) is 0 Å². The maximum Gasteiger partial charge on any atom is 0.222 e. The van der Waals surface area contributed by atoms with Crippen LogP contribution in [0.15, 0.2) is 24.3 Å². The number of amides is 1. The lowest BCUT2D eigenvalue weighted by Gasteiger charge is -2.33. The van der Waals surface area contributed by atoms with Crippen LogP contribution in [0.5, 0.6) is 5.75 Å². The van der Waals surface area contributed by atoms with Gasteiger partial charge in [-0.15, -0.1) is 0 Å². The summed E-state index contributed by atoms with van der Waals surface area (Å²) in [6.07, 6.45) is 5.28. The normalized spacial score (nSPS) is 18.5. The maximum atomic E-state index is 11.8. The van der Waals surface area contributed by atoms with Gasteiger partial charge in [0.25, 0.3) is 0 Å². The molecule has 4 rings (SSSR count). The minimum Gasteiger partial charge on any atom is -0.497 e. The van der Waals surface area contributed by atoms with E-state index in [1.807, 2.05) is 17.0 Å². The van der Waals surface area contributed by atoms with Crippen LogP contribution in [0.1, 0.15) is 37.7 Å². The number of hydrogen-bond donors (Lipinski definition) is 0. The fourth-order valence-corrected chi connectivity index (χ4v) is 4.38. The average Bonchev–Trinajstić information content (AvgIpc) is 3.11. The van der Waals surface area contributed by atoms with Crippen molar-refractivity contribution in [1.29, 1.82) is 0 Å². The minimum atomic E-state index is 0.346. The zero-order chi connectivity index (χ0) is 18.8. The second-order valence-corrected chi connectivity index (χ2v) is 7.88. The third-order valence-electron chi connectivity index (χ3n) is 6.13. The number of carbonyl (C=O) groups is 1. The van der Waals surface area contributed by atoms with E-state index in [2.05, 4.69) is 24.0 Å². The molecule has 1 aromatic carbocycles. The van der Waals surface area contributed by atoms with Crippen molar-refractivity contribution < 1.29 is 9.53 Å². The van der Waals surface area contributed by atoms with Crippen LogP contribution in [0.25, 0.3) is 10.9 Å². The number of fused-ring (bicyclic) bond motifs is 1. The molecule has 27 heavy (non-hydrogen) atoms. The molecule has 0 atom stereocenters. The quantitative estimate of drug-likeness (QED) is 0.807. The van der Waals surface area contributed by atoms with Gasteiger partial charge in [0, 0.05) is 44.1 Å². The highest BCUT2D eigenvalue weighted by molar-refractivity contribution is 5.85. The summed E-state index contributed by atoms with van der Waals surface area (Å²) in [7, 11) is 1.69. The van der Waals surface area contributed by atoms with E-state index in [1.54, 1.807) is 7.11 Å². The Morgan fingerprint density at radius 2 is 2.00 bits per heavy atom. The van der Waals surface area contributed by atoms with E-state index in [0.29, 0.717) is 5.91 Å². The van der Waals surface area contributed by atoms with Gasteiger partial charge in [-0.05, 0) is 62.3 Å². The summed E-state index contributed by atoms with van der Waals surface area (Å²) >= 11 is 0. The first-order valence-electron chi connectivity index (χ1n) is 10.1. The number of carbonyl (C=O) groups excluding carboxylic acids is 1. The highest BCUT2D eigenvalue weighted by Gasteiger charge is 2.24. The molecule has 0 unspecified atom stereocenters. The Bertz CT molecular complexity index is 828. The van der Waals surface area contributed by atoms with Gasteiger partial charge in [-0.25, -0.2) is 4.98 Å². The SMILES string of the molecule is COc1ccc2c(C)cc(N3CCC(CCN4CCCC4=O)CC3)nc2c1. The molecule has 2 aliphatic rings. The molecule has 2 aliphatic heterocycles. The molecule has 0 aliphatic carbocycles. The number of rotatable bonds is 5. The van der Waals surface area contributed by atoms with Gasteiger partial charge in [0.2, 0.25) is 5.91 Å². The molecule has 0 spiro atoms. The van der Waals surface area contributed by atoms with Crippen LogP contribution in [0, 0.1) is 12.8 Å². The molecule has 1 amide bonds. The van der Waals surface area contributed by atoms with Crippen LogP contribution in [0.3, 0.4) is 0 Å². The fraction of sp³-hybridized carbons (Fsp3) is 0.545.